The third-order valence-electron chi connectivity index (χ3n) is 4.32. The smallest absolute Gasteiger partial charge is 0.341 e. The number of ether oxygens (including phenoxy) is 1. The minimum Gasteiger partial charge on any atom is -0.482 e. The maximum atomic E-state index is 12.6. The third-order valence-corrected chi connectivity index (χ3v) is 4.32. The van der Waals surface area contributed by atoms with Crippen LogP contribution in [0.25, 0.3) is 0 Å². The van der Waals surface area contributed by atoms with Gasteiger partial charge < -0.3 is 19.6 Å². The van der Waals surface area contributed by atoms with Gasteiger partial charge >= 0.3 is 5.97 Å². The molecular weight excluding hydrogens is 338 g/mol. The van der Waals surface area contributed by atoms with Gasteiger partial charge in [0, 0.05) is 24.1 Å². The molecule has 1 aliphatic rings. The fourth-order valence-corrected chi connectivity index (χ4v) is 3.06. The number of rotatable bonds is 5. The van der Waals surface area contributed by atoms with Crippen molar-refractivity contribution in [2.24, 2.45) is 0 Å². The van der Waals surface area contributed by atoms with Gasteiger partial charge in [0.25, 0.3) is 5.91 Å². The summed E-state index contributed by atoms with van der Waals surface area (Å²) in [5, 5.41) is 11.4. The van der Waals surface area contributed by atoms with Crippen molar-refractivity contribution in [1.29, 1.82) is 0 Å². The summed E-state index contributed by atoms with van der Waals surface area (Å²) in [4.78, 5) is 35.2. The van der Waals surface area contributed by atoms with Crippen molar-refractivity contribution in [3.63, 3.8) is 0 Å². The Morgan fingerprint density at radius 3 is 2.69 bits per heavy atom. The number of furan rings is 1. The molecule has 1 aromatic carbocycles. The zero-order chi connectivity index (χ0) is 18.8. The number of aliphatic carboxylic acids is 1. The van der Waals surface area contributed by atoms with Crippen LogP contribution in [0.2, 0.25) is 0 Å². The van der Waals surface area contributed by atoms with Gasteiger partial charge in [-0.25, -0.2) is 4.79 Å². The molecule has 7 heteroatoms. The Balaban J connectivity index is 1.78. The first-order chi connectivity index (χ1) is 12.4. The normalized spacial score (nSPS) is 13.2. The number of carbonyl (C=O) groups is 3. The van der Waals surface area contributed by atoms with Gasteiger partial charge in [-0.3, -0.25) is 9.59 Å². The molecule has 26 heavy (non-hydrogen) atoms. The van der Waals surface area contributed by atoms with Crippen molar-refractivity contribution >= 4 is 23.3 Å². The molecule has 1 heterocycles. The lowest BCUT2D eigenvalue weighted by molar-refractivity contribution is -0.139. The Kier molecular flexibility index (Phi) is 4.79. The zero-order valence-electron chi connectivity index (χ0n) is 14.5. The Morgan fingerprint density at radius 1 is 1.27 bits per heavy atom. The topological polar surface area (TPSA) is 106 Å². The van der Waals surface area contributed by atoms with Gasteiger partial charge in [-0.2, -0.15) is 0 Å². The average Bonchev–Trinajstić information content (AvgIpc) is 2.93. The molecule has 0 aliphatic heterocycles. The van der Waals surface area contributed by atoms with E-state index in [9.17, 15) is 14.4 Å². The molecule has 2 aromatic rings. The molecule has 0 radical (unpaired) electrons. The number of nitrogens with one attached hydrogen (secondary N) is 1. The quantitative estimate of drug-likeness (QED) is 0.851. The second-order valence-corrected chi connectivity index (χ2v) is 6.24. The molecule has 0 fully saturated rings. The van der Waals surface area contributed by atoms with E-state index in [1.165, 1.54) is 0 Å². The van der Waals surface area contributed by atoms with Gasteiger partial charge in [0.15, 0.2) is 18.2 Å². The highest BCUT2D eigenvalue weighted by Crippen LogP contribution is 2.30. The first-order valence-electron chi connectivity index (χ1n) is 8.29. The van der Waals surface area contributed by atoms with E-state index in [1.807, 2.05) is 0 Å². The highest BCUT2D eigenvalue weighted by molar-refractivity contribution is 6.07. The number of fused-ring (bicyclic) bond motifs is 1. The number of anilines is 1. The van der Waals surface area contributed by atoms with E-state index in [-0.39, 0.29) is 11.5 Å². The van der Waals surface area contributed by atoms with Crippen molar-refractivity contribution in [2.45, 2.75) is 33.1 Å². The maximum Gasteiger partial charge on any atom is 0.341 e. The highest BCUT2D eigenvalue weighted by Gasteiger charge is 2.28. The second kappa shape index (κ2) is 7.03. The Labute approximate surface area is 150 Å². The van der Waals surface area contributed by atoms with Crippen LogP contribution in [0.4, 0.5) is 5.69 Å². The predicted octanol–water partition coefficient (Wildman–Crippen LogP) is 3.13. The van der Waals surface area contributed by atoms with Crippen molar-refractivity contribution in [1.82, 2.24) is 0 Å². The molecule has 1 amide bonds. The highest BCUT2D eigenvalue weighted by atomic mass is 16.5. The number of amides is 1. The van der Waals surface area contributed by atoms with Gasteiger partial charge in [0.05, 0.1) is 5.56 Å². The Morgan fingerprint density at radius 2 is 2.04 bits per heavy atom. The van der Waals surface area contributed by atoms with Crippen LogP contribution in [0.1, 0.15) is 50.6 Å². The van der Waals surface area contributed by atoms with E-state index in [0.717, 1.165) is 6.42 Å². The van der Waals surface area contributed by atoms with E-state index < -0.39 is 18.5 Å². The van der Waals surface area contributed by atoms with Crippen molar-refractivity contribution in [3.8, 4) is 5.75 Å². The molecule has 0 unspecified atom stereocenters. The van der Waals surface area contributed by atoms with Gasteiger partial charge in [0.2, 0.25) is 0 Å². The lowest BCUT2D eigenvalue weighted by atomic mass is 9.94. The van der Waals surface area contributed by atoms with Crippen LogP contribution in [0.3, 0.4) is 0 Å². The van der Waals surface area contributed by atoms with Crippen LogP contribution >= 0.6 is 0 Å². The number of Topliss-reactive ketones (excluding diaryl/α,β-unsaturated/α-hetero) is 1. The number of carbonyl (C=O) groups excluding carboxylic acids is 2. The van der Waals surface area contributed by atoms with E-state index >= 15 is 0 Å². The first kappa shape index (κ1) is 17.7. The second-order valence-electron chi connectivity index (χ2n) is 6.24. The van der Waals surface area contributed by atoms with Crippen LogP contribution in [0.15, 0.2) is 22.6 Å². The number of aryl methyl sites for hydroxylation is 2. The van der Waals surface area contributed by atoms with E-state index in [4.69, 9.17) is 14.3 Å². The minimum atomic E-state index is -1.06. The summed E-state index contributed by atoms with van der Waals surface area (Å²) in [6.45, 7) is 3.05. The van der Waals surface area contributed by atoms with Crippen LogP contribution in [-0.4, -0.2) is 29.4 Å². The number of benzene rings is 1. The molecule has 0 bridgehead atoms. The zero-order valence-corrected chi connectivity index (χ0v) is 14.5. The van der Waals surface area contributed by atoms with Gasteiger partial charge in [-0.1, -0.05) is 0 Å². The molecule has 2 N–H and O–H groups in total. The molecule has 1 aromatic heterocycles. The fraction of sp³-hybridized carbons (Fsp3) is 0.316. The molecule has 1 aliphatic carbocycles. The number of hydrogen-bond acceptors (Lipinski definition) is 5. The van der Waals surface area contributed by atoms with E-state index in [1.54, 1.807) is 32.0 Å². The van der Waals surface area contributed by atoms with Crippen LogP contribution < -0.4 is 10.1 Å². The van der Waals surface area contributed by atoms with Crippen molar-refractivity contribution in [3.05, 3.63) is 46.4 Å². The van der Waals surface area contributed by atoms with Crippen molar-refractivity contribution < 1.29 is 28.6 Å². The summed E-state index contributed by atoms with van der Waals surface area (Å²) in [6.07, 6.45) is 1.87. The standard InChI is InChI=1S/C19H19NO6/c1-10-8-12(25-9-16(22)23)6-7-13(10)20-19(24)18-11(2)17-14(21)4-3-5-15(17)26-18/h6-8H,3-5,9H2,1-2H3,(H,20,24)(H,22,23). The minimum absolute atomic E-state index is 0.0164. The Hall–Kier alpha value is -3.09. The summed E-state index contributed by atoms with van der Waals surface area (Å²) in [5.41, 5.74) is 2.38. The first-order valence-corrected chi connectivity index (χ1v) is 8.29. The molecule has 7 nitrogen and oxygen atoms in total. The maximum absolute atomic E-state index is 12.6. The molecule has 3 rings (SSSR count). The Bertz CT molecular complexity index is 896. The fourth-order valence-electron chi connectivity index (χ4n) is 3.06. The van der Waals surface area contributed by atoms with Crippen LogP contribution in [0, 0.1) is 13.8 Å². The monoisotopic (exact) mass is 357 g/mol. The summed E-state index contributed by atoms with van der Waals surface area (Å²) in [6, 6.07) is 4.85. The molecule has 136 valence electrons. The molecule has 0 saturated heterocycles. The average molecular weight is 357 g/mol. The summed E-state index contributed by atoms with van der Waals surface area (Å²) >= 11 is 0. The predicted molar refractivity (Wildman–Crippen MR) is 93.0 cm³/mol. The van der Waals surface area contributed by atoms with Crippen LogP contribution in [0.5, 0.6) is 5.75 Å². The number of carboxylic acids is 1. The lowest BCUT2D eigenvalue weighted by Crippen LogP contribution is -2.14. The van der Waals surface area contributed by atoms with Crippen LogP contribution in [-0.2, 0) is 11.2 Å². The largest absolute Gasteiger partial charge is 0.482 e. The molecular formula is C19H19NO6. The molecule has 0 saturated carbocycles. The summed E-state index contributed by atoms with van der Waals surface area (Å²) in [7, 11) is 0. The van der Waals surface area contributed by atoms with E-state index in [0.29, 0.717) is 46.7 Å². The van der Waals surface area contributed by atoms with Gasteiger partial charge in [-0.15, -0.1) is 0 Å². The third kappa shape index (κ3) is 3.46. The number of ketones is 1. The van der Waals surface area contributed by atoms with Crippen molar-refractivity contribution in [2.75, 3.05) is 11.9 Å². The van der Waals surface area contributed by atoms with E-state index in [2.05, 4.69) is 5.32 Å². The number of carboxylic acid groups (broad SMARTS) is 1. The molecule has 0 atom stereocenters. The van der Waals surface area contributed by atoms with Gasteiger partial charge in [-0.05, 0) is 44.0 Å². The summed E-state index contributed by atoms with van der Waals surface area (Å²) < 4.78 is 10.8. The molecule has 0 spiro atoms. The number of hydrogen-bond donors (Lipinski definition) is 2. The lowest BCUT2D eigenvalue weighted by Gasteiger charge is -2.10. The SMILES string of the molecule is Cc1cc(OCC(=O)O)ccc1NC(=O)c1oc2c(c1C)C(=O)CCC2. The van der Waals surface area contributed by atoms with Gasteiger partial charge in [0.1, 0.15) is 11.5 Å². The summed E-state index contributed by atoms with van der Waals surface area (Å²) in [5.74, 6) is -0.339.